The highest BCUT2D eigenvalue weighted by Crippen LogP contribution is 2.25. The Morgan fingerprint density at radius 1 is 1.15 bits per heavy atom. The van der Waals surface area contributed by atoms with Crippen LogP contribution in [0, 0.1) is 20.8 Å². The Labute approximate surface area is 159 Å². The molecule has 0 aliphatic carbocycles. The zero-order valence-electron chi connectivity index (χ0n) is 16.2. The summed E-state index contributed by atoms with van der Waals surface area (Å²) in [6.07, 6.45) is 0. The molecule has 6 heteroatoms. The third kappa shape index (κ3) is 3.57. The Morgan fingerprint density at radius 2 is 1.93 bits per heavy atom. The SMILES string of the molecule is Cc1ccc2nc(C)c(C)c(C(=O)N[C@@H]3COC[C@H]3N3CCOCC3)c2c1. The molecule has 0 bridgehead atoms. The second-order valence-electron chi connectivity index (χ2n) is 7.55. The number of morpholine rings is 1. The highest BCUT2D eigenvalue weighted by atomic mass is 16.5. The molecule has 4 rings (SSSR count). The fraction of sp³-hybridized carbons (Fsp3) is 0.524. The van der Waals surface area contributed by atoms with Crippen LogP contribution in [-0.2, 0) is 9.47 Å². The number of fused-ring (bicyclic) bond motifs is 1. The van der Waals surface area contributed by atoms with Gasteiger partial charge in [0.05, 0.1) is 49.6 Å². The number of amides is 1. The van der Waals surface area contributed by atoms with Gasteiger partial charge in [-0.1, -0.05) is 11.6 Å². The third-order valence-corrected chi connectivity index (χ3v) is 5.74. The Morgan fingerprint density at radius 3 is 2.70 bits per heavy atom. The second-order valence-corrected chi connectivity index (χ2v) is 7.55. The first-order valence-electron chi connectivity index (χ1n) is 9.62. The Balaban J connectivity index is 1.63. The van der Waals surface area contributed by atoms with E-state index >= 15 is 0 Å². The number of carbonyl (C=O) groups excluding carboxylic acids is 1. The molecule has 0 saturated carbocycles. The van der Waals surface area contributed by atoms with Gasteiger partial charge in [0.25, 0.3) is 5.91 Å². The van der Waals surface area contributed by atoms with E-state index in [-0.39, 0.29) is 18.0 Å². The molecule has 0 spiro atoms. The van der Waals surface area contributed by atoms with E-state index < -0.39 is 0 Å². The summed E-state index contributed by atoms with van der Waals surface area (Å²) in [6.45, 7) is 10.4. The normalized spacial score (nSPS) is 23.7. The molecule has 2 aromatic rings. The highest BCUT2D eigenvalue weighted by molar-refractivity contribution is 6.07. The largest absolute Gasteiger partial charge is 0.379 e. The molecule has 2 aliphatic rings. The van der Waals surface area contributed by atoms with Crippen molar-refractivity contribution in [2.45, 2.75) is 32.9 Å². The number of aromatic nitrogens is 1. The average molecular weight is 369 g/mol. The lowest BCUT2D eigenvalue weighted by Gasteiger charge is -2.34. The van der Waals surface area contributed by atoms with Crippen molar-refractivity contribution in [3.05, 3.63) is 40.6 Å². The number of hydrogen-bond donors (Lipinski definition) is 1. The van der Waals surface area contributed by atoms with Gasteiger partial charge in [0.1, 0.15) is 0 Å². The van der Waals surface area contributed by atoms with Crippen LogP contribution in [0.2, 0.25) is 0 Å². The van der Waals surface area contributed by atoms with Gasteiger partial charge in [-0.05, 0) is 38.5 Å². The van der Waals surface area contributed by atoms with E-state index in [1.165, 1.54) is 0 Å². The van der Waals surface area contributed by atoms with Gasteiger partial charge < -0.3 is 14.8 Å². The van der Waals surface area contributed by atoms with E-state index in [9.17, 15) is 4.79 Å². The molecule has 3 heterocycles. The van der Waals surface area contributed by atoms with Crippen LogP contribution in [0.5, 0.6) is 0 Å². The molecule has 1 N–H and O–H groups in total. The predicted molar refractivity (Wildman–Crippen MR) is 104 cm³/mol. The second kappa shape index (κ2) is 7.54. The quantitative estimate of drug-likeness (QED) is 0.896. The lowest BCUT2D eigenvalue weighted by molar-refractivity contribution is 0.0108. The number of nitrogens with zero attached hydrogens (tertiary/aromatic N) is 2. The van der Waals surface area contributed by atoms with Crippen molar-refractivity contribution in [3.63, 3.8) is 0 Å². The number of ether oxygens (including phenoxy) is 2. The van der Waals surface area contributed by atoms with Crippen molar-refractivity contribution in [1.82, 2.24) is 15.2 Å². The maximum absolute atomic E-state index is 13.3. The van der Waals surface area contributed by atoms with Crippen molar-refractivity contribution in [3.8, 4) is 0 Å². The summed E-state index contributed by atoms with van der Waals surface area (Å²) in [6, 6.07) is 6.26. The molecule has 6 nitrogen and oxygen atoms in total. The maximum atomic E-state index is 13.3. The molecule has 2 fully saturated rings. The molecule has 2 saturated heterocycles. The van der Waals surface area contributed by atoms with Crippen LogP contribution in [0.15, 0.2) is 18.2 Å². The van der Waals surface area contributed by atoms with Gasteiger partial charge in [-0.15, -0.1) is 0 Å². The van der Waals surface area contributed by atoms with E-state index in [1.807, 2.05) is 39.0 Å². The molecule has 2 atom stereocenters. The number of aryl methyl sites for hydroxylation is 2. The monoisotopic (exact) mass is 369 g/mol. The summed E-state index contributed by atoms with van der Waals surface area (Å²) in [4.78, 5) is 20.3. The molecule has 1 amide bonds. The molecule has 27 heavy (non-hydrogen) atoms. The van der Waals surface area contributed by atoms with E-state index in [1.54, 1.807) is 0 Å². The van der Waals surface area contributed by atoms with Gasteiger partial charge in [0.2, 0.25) is 0 Å². The van der Waals surface area contributed by atoms with Crippen molar-refractivity contribution >= 4 is 16.8 Å². The van der Waals surface area contributed by atoms with Crippen molar-refractivity contribution < 1.29 is 14.3 Å². The number of benzene rings is 1. The summed E-state index contributed by atoms with van der Waals surface area (Å²) in [5.41, 5.74) is 4.54. The topological polar surface area (TPSA) is 63.7 Å². The Hall–Kier alpha value is -2.02. The zero-order valence-corrected chi connectivity index (χ0v) is 16.2. The van der Waals surface area contributed by atoms with Gasteiger partial charge in [0, 0.05) is 24.2 Å². The molecule has 144 valence electrons. The zero-order chi connectivity index (χ0) is 19.0. The molecule has 1 aromatic carbocycles. The van der Waals surface area contributed by atoms with Crippen molar-refractivity contribution in [2.24, 2.45) is 0 Å². The first-order chi connectivity index (χ1) is 13.0. The van der Waals surface area contributed by atoms with Crippen LogP contribution < -0.4 is 5.32 Å². The minimum absolute atomic E-state index is 0.0108. The summed E-state index contributed by atoms with van der Waals surface area (Å²) < 4.78 is 11.2. The van der Waals surface area contributed by atoms with Crippen LogP contribution in [0.1, 0.15) is 27.2 Å². The summed E-state index contributed by atoms with van der Waals surface area (Å²) in [7, 11) is 0. The average Bonchev–Trinajstić information content (AvgIpc) is 3.12. The van der Waals surface area contributed by atoms with Gasteiger partial charge in [0.15, 0.2) is 0 Å². The van der Waals surface area contributed by atoms with Crippen LogP contribution in [0.25, 0.3) is 10.9 Å². The van der Waals surface area contributed by atoms with Gasteiger partial charge in [-0.2, -0.15) is 0 Å². The van der Waals surface area contributed by atoms with Gasteiger partial charge >= 0.3 is 0 Å². The van der Waals surface area contributed by atoms with Crippen molar-refractivity contribution in [1.29, 1.82) is 0 Å². The lowest BCUT2D eigenvalue weighted by atomic mass is 9.99. The molecular formula is C21H27N3O3. The number of rotatable bonds is 3. The fourth-order valence-corrected chi connectivity index (χ4v) is 4.08. The molecule has 0 unspecified atom stereocenters. The first kappa shape index (κ1) is 18.3. The molecule has 1 aromatic heterocycles. The van der Waals surface area contributed by atoms with E-state index in [0.717, 1.165) is 59.6 Å². The van der Waals surface area contributed by atoms with E-state index in [2.05, 4.69) is 15.2 Å². The smallest absolute Gasteiger partial charge is 0.252 e. The summed E-state index contributed by atoms with van der Waals surface area (Å²) >= 11 is 0. The minimum atomic E-state index is -0.0395. The molecule has 0 radical (unpaired) electrons. The Kier molecular flexibility index (Phi) is 5.12. The molecular weight excluding hydrogens is 342 g/mol. The van der Waals surface area contributed by atoms with Gasteiger partial charge in [-0.3, -0.25) is 14.7 Å². The number of carbonyl (C=O) groups is 1. The standard InChI is InChI=1S/C21H27N3O3/c1-13-4-5-17-16(10-13)20(14(2)15(3)22-17)21(25)23-18-11-27-12-19(18)24-6-8-26-9-7-24/h4-5,10,18-19H,6-9,11-12H2,1-3H3,(H,23,25)/t18-,19-/m1/s1. The highest BCUT2D eigenvalue weighted by Gasteiger charge is 2.35. The van der Waals surface area contributed by atoms with E-state index in [4.69, 9.17) is 9.47 Å². The fourth-order valence-electron chi connectivity index (χ4n) is 4.08. The van der Waals surface area contributed by atoms with Gasteiger partial charge in [-0.25, -0.2) is 0 Å². The first-order valence-corrected chi connectivity index (χ1v) is 9.62. The number of pyridine rings is 1. The van der Waals surface area contributed by atoms with E-state index in [0.29, 0.717) is 13.2 Å². The van der Waals surface area contributed by atoms with Crippen LogP contribution >= 0.6 is 0 Å². The summed E-state index contributed by atoms with van der Waals surface area (Å²) in [5.74, 6) is -0.0395. The molecule has 2 aliphatic heterocycles. The Bertz CT molecular complexity index is 861. The third-order valence-electron chi connectivity index (χ3n) is 5.74. The minimum Gasteiger partial charge on any atom is -0.379 e. The van der Waals surface area contributed by atoms with Crippen LogP contribution in [0.3, 0.4) is 0 Å². The number of nitrogens with one attached hydrogen (secondary N) is 1. The van der Waals surface area contributed by atoms with Crippen LogP contribution in [-0.4, -0.2) is 67.4 Å². The van der Waals surface area contributed by atoms with Crippen molar-refractivity contribution in [2.75, 3.05) is 39.5 Å². The van der Waals surface area contributed by atoms with Crippen LogP contribution in [0.4, 0.5) is 0 Å². The summed E-state index contributed by atoms with van der Waals surface area (Å²) in [5, 5.41) is 4.16. The maximum Gasteiger partial charge on any atom is 0.252 e. The number of hydrogen-bond acceptors (Lipinski definition) is 5. The lowest BCUT2D eigenvalue weighted by Crippen LogP contribution is -2.54. The predicted octanol–water partition coefficient (Wildman–Crippen LogP) is 1.99.